The minimum Gasteiger partial charge on any atom is -0.416 e. The lowest BCUT2D eigenvalue weighted by atomic mass is 9.68. The highest BCUT2D eigenvalue weighted by Gasteiger charge is 2.56. The van der Waals surface area contributed by atoms with Gasteiger partial charge in [-0.25, -0.2) is 4.79 Å². The summed E-state index contributed by atoms with van der Waals surface area (Å²) >= 11 is 0. The first kappa shape index (κ1) is 22.9. The van der Waals surface area contributed by atoms with E-state index < -0.39 is 29.9 Å². The molecule has 0 aromatic heterocycles. The van der Waals surface area contributed by atoms with Gasteiger partial charge < -0.3 is 20.5 Å². The molecule has 0 spiro atoms. The van der Waals surface area contributed by atoms with E-state index in [-0.39, 0.29) is 17.9 Å². The van der Waals surface area contributed by atoms with Crippen LogP contribution < -0.4 is 10.6 Å². The minimum atomic E-state index is -1.73. The van der Waals surface area contributed by atoms with Gasteiger partial charge in [0.1, 0.15) is 5.60 Å². The second kappa shape index (κ2) is 10.00. The van der Waals surface area contributed by atoms with Gasteiger partial charge in [0.15, 0.2) is 0 Å². The average Bonchev–Trinajstić information content (AvgIpc) is 3.20. The number of ether oxygens (including phenoxy) is 1. The van der Waals surface area contributed by atoms with Crippen molar-refractivity contribution in [1.82, 2.24) is 10.6 Å². The lowest BCUT2D eigenvalue weighted by Crippen LogP contribution is -2.66. The lowest BCUT2D eigenvalue weighted by Gasteiger charge is -2.48. The Morgan fingerprint density at radius 1 is 1.29 bits per heavy atom. The van der Waals surface area contributed by atoms with E-state index in [0.717, 1.165) is 12.8 Å². The Kier molecular flexibility index (Phi) is 7.37. The van der Waals surface area contributed by atoms with Crippen LogP contribution in [-0.4, -0.2) is 47.4 Å². The SMILES string of the molecule is CC(C)C[C@H](NC=O)C(O)(C1N=NC(=O)O1)[C@@H]1CCCC[C@@H]1NC(=O)c1ccccc1. The summed E-state index contributed by atoms with van der Waals surface area (Å²) in [6.07, 6.45) is 1.79. The summed E-state index contributed by atoms with van der Waals surface area (Å²) in [7, 11) is 0. The second-order valence-electron chi connectivity index (χ2n) is 8.64. The topological polar surface area (TPSA) is 129 Å². The molecule has 3 N–H and O–H groups in total. The van der Waals surface area contributed by atoms with E-state index in [4.69, 9.17) is 4.74 Å². The van der Waals surface area contributed by atoms with Crippen LogP contribution in [0, 0.1) is 11.8 Å². The van der Waals surface area contributed by atoms with Crippen molar-refractivity contribution in [3.63, 3.8) is 0 Å². The van der Waals surface area contributed by atoms with Crippen molar-refractivity contribution in [2.75, 3.05) is 0 Å². The summed E-state index contributed by atoms with van der Waals surface area (Å²) in [6.45, 7) is 3.94. The number of cyclic esters (lactones) is 1. The van der Waals surface area contributed by atoms with Crippen LogP contribution in [0.5, 0.6) is 0 Å². The molecule has 1 saturated carbocycles. The predicted octanol–water partition coefficient (Wildman–Crippen LogP) is 2.80. The van der Waals surface area contributed by atoms with Crippen molar-refractivity contribution in [2.24, 2.45) is 22.1 Å². The first-order chi connectivity index (χ1) is 14.9. The number of nitrogens with one attached hydrogen (secondary N) is 2. The Morgan fingerprint density at radius 2 is 2.00 bits per heavy atom. The zero-order valence-electron chi connectivity index (χ0n) is 17.9. The van der Waals surface area contributed by atoms with Crippen molar-refractivity contribution < 1.29 is 24.2 Å². The van der Waals surface area contributed by atoms with E-state index in [9.17, 15) is 19.5 Å². The van der Waals surface area contributed by atoms with E-state index in [1.165, 1.54) is 0 Å². The Balaban J connectivity index is 1.94. The monoisotopic (exact) mass is 430 g/mol. The lowest BCUT2D eigenvalue weighted by molar-refractivity contribution is -0.148. The van der Waals surface area contributed by atoms with Crippen molar-refractivity contribution in [3.8, 4) is 0 Å². The van der Waals surface area contributed by atoms with Gasteiger partial charge in [0.2, 0.25) is 12.6 Å². The van der Waals surface area contributed by atoms with Crippen LogP contribution in [0.3, 0.4) is 0 Å². The molecule has 2 unspecified atom stereocenters. The van der Waals surface area contributed by atoms with Crippen molar-refractivity contribution in [3.05, 3.63) is 35.9 Å². The van der Waals surface area contributed by atoms with Crippen molar-refractivity contribution in [1.29, 1.82) is 0 Å². The first-order valence-corrected chi connectivity index (χ1v) is 10.8. The molecule has 9 heteroatoms. The fourth-order valence-electron chi connectivity index (χ4n) is 4.68. The van der Waals surface area contributed by atoms with E-state index in [1.807, 2.05) is 19.9 Å². The van der Waals surface area contributed by atoms with Crippen LogP contribution in [0.25, 0.3) is 0 Å². The highest BCUT2D eigenvalue weighted by atomic mass is 16.6. The first-order valence-electron chi connectivity index (χ1n) is 10.8. The molecule has 5 atom stereocenters. The molecule has 1 heterocycles. The summed E-state index contributed by atoms with van der Waals surface area (Å²) in [5.74, 6) is -0.604. The van der Waals surface area contributed by atoms with Crippen molar-refractivity contribution in [2.45, 2.75) is 69.9 Å². The molecular formula is C22H30N4O5. The molecule has 0 saturated heterocycles. The molecule has 2 aliphatic rings. The number of benzene rings is 1. The number of rotatable bonds is 9. The van der Waals surface area contributed by atoms with Crippen LogP contribution in [0.15, 0.2) is 40.6 Å². The quantitative estimate of drug-likeness (QED) is 0.519. The molecule has 168 valence electrons. The maximum Gasteiger partial charge on any atom is 0.454 e. The van der Waals surface area contributed by atoms with Crippen LogP contribution >= 0.6 is 0 Å². The number of azo groups is 1. The average molecular weight is 431 g/mol. The van der Waals surface area contributed by atoms with Crippen LogP contribution in [-0.2, 0) is 9.53 Å². The number of hydrogen-bond acceptors (Lipinski definition) is 6. The molecule has 3 rings (SSSR count). The van der Waals surface area contributed by atoms with Gasteiger partial charge in [-0.05, 0) is 37.3 Å². The van der Waals surface area contributed by atoms with Gasteiger partial charge in [-0.15, -0.1) is 5.11 Å². The molecule has 31 heavy (non-hydrogen) atoms. The van der Waals surface area contributed by atoms with Gasteiger partial charge in [0.25, 0.3) is 5.91 Å². The zero-order valence-corrected chi connectivity index (χ0v) is 17.9. The Bertz CT molecular complexity index is 815. The Hall–Kier alpha value is -2.81. The molecule has 1 aliphatic heterocycles. The van der Waals surface area contributed by atoms with Crippen LogP contribution in [0.2, 0.25) is 0 Å². The molecule has 1 fully saturated rings. The smallest absolute Gasteiger partial charge is 0.416 e. The maximum absolute atomic E-state index is 12.8. The largest absolute Gasteiger partial charge is 0.454 e. The second-order valence-corrected chi connectivity index (χ2v) is 8.64. The predicted molar refractivity (Wildman–Crippen MR) is 112 cm³/mol. The van der Waals surface area contributed by atoms with E-state index >= 15 is 0 Å². The summed E-state index contributed by atoms with van der Waals surface area (Å²) in [5, 5.41) is 25.1. The molecule has 1 aliphatic carbocycles. The van der Waals surface area contributed by atoms with E-state index in [1.54, 1.807) is 24.3 Å². The van der Waals surface area contributed by atoms with Gasteiger partial charge in [-0.2, -0.15) is 0 Å². The number of nitrogens with zero attached hydrogens (tertiary/aromatic N) is 2. The van der Waals surface area contributed by atoms with Crippen LogP contribution in [0.1, 0.15) is 56.3 Å². The van der Waals surface area contributed by atoms with Gasteiger partial charge >= 0.3 is 6.09 Å². The summed E-state index contributed by atoms with van der Waals surface area (Å²) in [5.41, 5.74) is -1.21. The van der Waals surface area contributed by atoms with Gasteiger partial charge in [0.05, 0.1) is 6.04 Å². The molecular weight excluding hydrogens is 400 g/mol. The van der Waals surface area contributed by atoms with E-state index in [0.29, 0.717) is 31.2 Å². The highest BCUT2D eigenvalue weighted by molar-refractivity contribution is 5.94. The third kappa shape index (κ3) is 5.10. The zero-order chi connectivity index (χ0) is 22.4. The molecule has 9 nitrogen and oxygen atoms in total. The summed E-state index contributed by atoms with van der Waals surface area (Å²) in [4.78, 5) is 35.9. The summed E-state index contributed by atoms with van der Waals surface area (Å²) < 4.78 is 5.24. The third-order valence-corrected chi connectivity index (χ3v) is 6.10. The molecule has 1 aromatic carbocycles. The number of carbonyl (C=O) groups excluding carboxylic acids is 3. The highest BCUT2D eigenvalue weighted by Crippen LogP contribution is 2.41. The standard InChI is InChI=1S/C22H30N4O5/c1-14(2)12-18(23-13-27)22(30,20-25-26-21(29)31-20)16-10-6-7-11-17(16)24-19(28)15-8-4-3-5-9-15/h3-5,8-9,13-14,16-18,20,30H,6-7,10-12H2,1-2H3,(H,23,27)(H,24,28)/t16-,17+,18+,20?,22?/m1/s1. The molecule has 0 bridgehead atoms. The maximum atomic E-state index is 12.8. The number of hydrogen-bond donors (Lipinski definition) is 3. The van der Waals surface area contributed by atoms with Gasteiger partial charge in [0, 0.05) is 17.5 Å². The number of amides is 3. The Morgan fingerprint density at radius 3 is 2.61 bits per heavy atom. The van der Waals surface area contributed by atoms with Gasteiger partial charge in [-0.3, -0.25) is 9.59 Å². The normalized spacial score (nSPS) is 26.1. The number of carbonyl (C=O) groups is 3. The van der Waals surface area contributed by atoms with Crippen molar-refractivity contribution >= 4 is 18.4 Å². The fourth-order valence-corrected chi connectivity index (χ4v) is 4.68. The summed E-state index contributed by atoms with van der Waals surface area (Å²) in [6, 6.07) is 7.73. The number of aliphatic hydroxyl groups is 1. The third-order valence-electron chi connectivity index (χ3n) is 6.10. The van der Waals surface area contributed by atoms with Gasteiger partial charge in [-0.1, -0.05) is 50.0 Å². The van der Waals surface area contributed by atoms with E-state index in [2.05, 4.69) is 20.9 Å². The molecule has 3 amide bonds. The van der Waals surface area contributed by atoms with Crippen LogP contribution in [0.4, 0.5) is 4.79 Å². The Labute approximate surface area is 181 Å². The fraction of sp³-hybridized carbons (Fsp3) is 0.591. The minimum absolute atomic E-state index is 0.138. The molecule has 0 radical (unpaired) electrons. The molecule has 1 aromatic rings.